The van der Waals surface area contributed by atoms with E-state index in [1.165, 1.54) is 25.3 Å². The molecule has 1 aromatic rings. The Kier molecular flexibility index (Phi) is 4.81. The molecule has 0 radical (unpaired) electrons. The molecule has 0 amide bonds. The van der Waals surface area contributed by atoms with Crippen molar-refractivity contribution in [1.29, 1.82) is 0 Å². The molecule has 0 spiro atoms. The second kappa shape index (κ2) is 5.91. The summed E-state index contributed by atoms with van der Waals surface area (Å²) in [5.74, 6) is -1.56. The van der Waals surface area contributed by atoms with Gasteiger partial charge in [-0.05, 0) is 34.1 Å². The first-order valence-corrected chi connectivity index (χ1v) is 5.81. The van der Waals surface area contributed by atoms with E-state index in [2.05, 4.69) is 20.7 Å². The summed E-state index contributed by atoms with van der Waals surface area (Å²) in [6, 6.07) is 4.02. The molecule has 3 nitrogen and oxygen atoms in total. The van der Waals surface area contributed by atoms with Crippen LogP contribution in [0.3, 0.4) is 0 Å². The van der Waals surface area contributed by atoms with Gasteiger partial charge in [-0.25, -0.2) is 4.39 Å². The van der Waals surface area contributed by atoms with Crippen molar-refractivity contribution in [1.82, 2.24) is 0 Å². The van der Waals surface area contributed by atoms with Crippen molar-refractivity contribution < 1.29 is 18.7 Å². The van der Waals surface area contributed by atoms with Gasteiger partial charge < -0.3 is 4.74 Å². The SMILES string of the molecule is COC(=O)CC(C)C(=O)c1ccc(F)c(Br)c1. The molecule has 0 saturated heterocycles. The Bertz CT molecular complexity index is 445. The van der Waals surface area contributed by atoms with Crippen molar-refractivity contribution in [2.45, 2.75) is 13.3 Å². The van der Waals surface area contributed by atoms with Crippen molar-refractivity contribution >= 4 is 27.7 Å². The number of halogens is 2. The maximum absolute atomic E-state index is 13.0. The van der Waals surface area contributed by atoms with Gasteiger partial charge in [-0.2, -0.15) is 0 Å². The number of benzene rings is 1. The van der Waals surface area contributed by atoms with Crippen LogP contribution in [0.15, 0.2) is 22.7 Å². The number of esters is 1. The fourth-order valence-corrected chi connectivity index (χ4v) is 1.74. The molecular weight excluding hydrogens is 291 g/mol. The monoisotopic (exact) mass is 302 g/mol. The summed E-state index contributed by atoms with van der Waals surface area (Å²) < 4.78 is 17.7. The minimum absolute atomic E-state index is 0.0182. The minimum atomic E-state index is -0.486. The van der Waals surface area contributed by atoms with Crippen LogP contribution in [0.2, 0.25) is 0 Å². The van der Waals surface area contributed by atoms with Gasteiger partial charge in [0.1, 0.15) is 5.82 Å². The number of carbonyl (C=O) groups is 2. The summed E-state index contributed by atoms with van der Waals surface area (Å²) in [6.07, 6.45) is 0.0182. The summed E-state index contributed by atoms with van der Waals surface area (Å²) in [4.78, 5) is 22.9. The maximum Gasteiger partial charge on any atom is 0.306 e. The van der Waals surface area contributed by atoms with E-state index >= 15 is 0 Å². The average molecular weight is 303 g/mol. The number of ether oxygens (including phenoxy) is 1. The van der Waals surface area contributed by atoms with Gasteiger partial charge in [-0.1, -0.05) is 6.92 Å². The highest BCUT2D eigenvalue weighted by Gasteiger charge is 2.19. The van der Waals surface area contributed by atoms with E-state index in [-0.39, 0.29) is 16.7 Å². The average Bonchev–Trinajstić information content (AvgIpc) is 2.31. The lowest BCUT2D eigenvalue weighted by Crippen LogP contribution is -2.16. The summed E-state index contributed by atoms with van der Waals surface area (Å²) in [5.41, 5.74) is 0.370. The molecule has 0 heterocycles. The normalized spacial score (nSPS) is 12.0. The van der Waals surface area contributed by atoms with Crippen LogP contribution in [-0.2, 0) is 9.53 Å². The van der Waals surface area contributed by atoms with Gasteiger partial charge in [0.15, 0.2) is 5.78 Å². The number of hydrogen-bond donors (Lipinski definition) is 0. The number of rotatable bonds is 4. The third kappa shape index (κ3) is 3.63. The van der Waals surface area contributed by atoms with Gasteiger partial charge in [0, 0.05) is 11.5 Å². The van der Waals surface area contributed by atoms with Crippen LogP contribution >= 0.6 is 15.9 Å². The molecule has 0 bridgehead atoms. The van der Waals surface area contributed by atoms with E-state index in [0.717, 1.165) is 0 Å². The molecular formula is C12H12BrFO3. The number of Topliss-reactive ketones (excluding diaryl/α,β-unsaturated/α-hetero) is 1. The third-order valence-electron chi connectivity index (χ3n) is 2.35. The second-order valence-electron chi connectivity index (χ2n) is 3.67. The minimum Gasteiger partial charge on any atom is -0.469 e. The number of methoxy groups -OCH3 is 1. The molecule has 0 N–H and O–H groups in total. The molecule has 0 aromatic heterocycles. The quantitative estimate of drug-likeness (QED) is 0.634. The van der Waals surface area contributed by atoms with Crippen LogP contribution < -0.4 is 0 Å². The number of ketones is 1. The van der Waals surface area contributed by atoms with Gasteiger partial charge in [0.25, 0.3) is 0 Å². The van der Waals surface area contributed by atoms with Gasteiger partial charge in [0.2, 0.25) is 0 Å². The zero-order valence-corrected chi connectivity index (χ0v) is 11.1. The first kappa shape index (κ1) is 13.8. The molecule has 5 heteroatoms. The van der Waals surface area contributed by atoms with Crippen molar-refractivity contribution in [3.8, 4) is 0 Å². The molecule has 1 aromatic carbocycles. The fraction of sp³-hybridized carbons (Fsp3) is 0.333. The van der Waals surface area contributed by atoms with E-state index < -0.39 is 17.7 Å². The van der Waals surface area contributed by atoms with Gasteiger partial charge >= 0.3 is 5.97 Å². The van der Waals surface area contributed by atoms with E-state index in [1.54, 1.807) is 6.92 Å². The van der Waals surface area contributed by atoms with Crippen LogP contribution in [0.5, 0.6) is 0 Å². The molecule has 0 saturated carbocycles. The second-order valence-corrected chi connectivity index (χ2v) is 4.53. The Balaban J connectivity index is 2.81. The summed E-state index contributed by atoms with van der Waals surface area (Å²) in [7, 11) is 1.27. The molecule has 1 unspecified atom stereocenters. The fourth-order valence-electron chi connectivity index (χ4n) is 1.36. The van der Waals surface area contributed by atoms with Crippen LogP contribution in [0, 0.1) is 11.7 Å². The van der Waals surface area contributed by atoms with E-state index in [9.17, 15) is 14.0 Å². The van der Waals surface area contributed by atoms with Crippen molar-refractivity contribution in [2.75, 3.05) is 7.11 Å². The summed E-state index contributed by atoms with van der Waals surface area (Å²) >= 11 is 3.01. The van der Waals surface area contributed by atoms with Crippen LogP contribution in [0.25, 0.3) is 0 Å². The van der Waals surface area contributed by atoms with Crippen LogP contribution in [0.4, 0.5) is 4.39 Å². The Labute approximate surface area is 107 Å². The van der Waals surface area contributed by atoms with E-state index in [1.807, 2.05) is 0 Å². The van der Waals surface area contributed by atoms with Crippen molar-refractivity contribution in [2.24, 2.45) is 5.92 Å². The predicted octanol–water partition coefficient (Wildman–Crippen LogP) is 2.97. The van der Waals surface area contributed by atoms with E-state index in [0.29, 0.717) is 5.56 Å². The lowest BCUT2D eigenvalue weighted by Gasteiger charge is -2.09. The maximum atomic E-state index is 13.0. The zero-order chi connectivity index (χ0) is 13.0. The summed E-state index contributed by atoms with van der Waals surface area (Å²) in [6.45, 7) is 1.64. The highest BCUT2D eigenvalue weighted by molar-refractivity contribution is 9.10. The van der Waals surface area contributed by atoms with Crippen LogP contribution in [-0.4, -0.2) is 18.9 Å². The number of carbonyl (C=O) groups excluding carboxylic acids is 2. The van der Waals surface area contributed by atoms with Gasteiger partial charge in [0.05, 0.1) is 18.0 Å². The Morgan fingerprint density at radius 2 is 2.12 bits per heavy atom. The lowest BCUT2D eigenvalue weighted by atomic mass is 9.96. The highest BCUT2D eigenvalue weighted by Crippen LogP contribution is 2.20. The molecule has 92 valence electrons. The summed E-state index contributed by atoms with van der Waals surface area (Å²) in [5, 5.41) is 0. The number of hydrogen-bond acceptors (Lipinski definition) is 3. The van der Waals surface area contributed by atoms with Gasteiger partial charge in [-0.15, -0.1) is 0 Å². The van der Waals surface area contributed by atoms with Crippen molar-refractivity contribution in [3.63, 3.8) is 0 Å². The molecule has 0 fully saturated rings. The Hall–Kier alpha value is -1.23. The topological polar surface area (TPSA) is 43.4 Å². The molecule has 17 heavy (non-hydrogen) atoms. The Morgan fingerprint density at radius 1 is 1.47 bits per heavy atom. The standard InChI is InChI=1S/C12H12BrFO3/c1-7(5-11(15)17-2)12(16)8-3-4-10(14)9(13)6-8/h3-4,6-7H,5H2,1-2H3. The largest absolute Gasteiger partial charge is 0.469 e. The highest BCUT2D eigenvalue weighted by atomic mass is 79.9. The molecule has 0 aliphatic carbocycles. The van der Waals surface area contributed by atoms with Crippen LogP contribution in [0.1, 0.15) is 23.7 Å². The van der Waals surface area contributed by atoms with Crippen molar-refractivity contribution in [3.05, 3.63) is 34.1 Å². The Morgan fingerprint density at radius 3 is 2.65 bits per heavy atom. The first-order chi connectivity index (χ1) is 7.95. The lowest BCUT2D eigenvalue weighted by molar-refractivity contribution is -0.141. The molecule has 0 aliphatic heterocycles. The molecule has 0 aliphatic rings. The van der Waals surface area contributed by atoms with Gasteiger partial charge in [-0.3, -0.25) is 9.59 Å². The first-order valence-electron chi connectivity index (χ1n) is 5.01. The molecule has 1 atom stereocenters. The third-order valence-corrected chi connectivity index (χ3v) is 2.96. The zero-order valence-electron chi connectivity index (χ0n) is 9.50. The smallest absolute Gasteiger partial charge is 0.306 e. The van der Waals surface area contributed by atoms with E-state index in [4.69, 9.17) is 0 Å². The molecule has 1 rings (SSSR count). The predicted molar refractivity (Wildman–Crippen MR) is 64.2 cm³/mol.